The number of anilines is 1. The van der Waals surface area contributed by atoms with Crippen molar-refractivity contribution in [2.75, 3.05) is 18.0 Å². The SMILES string of the molecule is CCc1nc(N2CC(C)OC(C)C2)sc1C=O. The second-order valence-corrected chi connectivity index (χ2v) is 5.45. The number of thiazole rings is 1. The molecule has 0 saturated carbocycles. The van der Waals surface area contributed by atoms with Gasteiger partial charge in [-0.25, -0.2) is 4.98 Å². The Kier molecular flexibility index (Phi) is 3.79. The highest BCUT2D eigenvalue weighted by molar-refractivity contribution is 7.17. The highest BCUT2D eigenvalue weighted by atomic mass is 32.1. The predicted molar refractivity (Wildman–Crippen MR) is 69.1 cm³/mol. The van der Waals surface area contributed by atoms with Crippen molar-refractivity contribution in [1.82, 2.24) is 4.98 Å². The van der Waals surface area contributed by atoms with E-state index in [-0.39, 0.29) is 12.2 Å². The molecule has 2 rings (SSSR count). The second kappa shape index (κ2) is 5.14. The summed E-state index contributed by atoms with van der Waals surface area (Å²) < 4.78 is 5.69. The van der Waals surface area contributed by atoms with Gasteiger partial charge in [-0.1, -0.05) is 18.3 Å². The largest absolute Gasteiger partial charge is 0.372 e. The van der Waals surface area contributed by atoms with Crippen LogP contribution in [0.15, 0.2) is 0 Å². The molecule has 0 amide bonds. The number of hydrogen-bond acceptors (Lipinski definition) is 5. The Morgan fingerprint density at radius 1 is 1.47 bits per heavy atom. The van der Waals surface area contributed by atoms with Gasteiger partial charge in [-0.15, -0.1) is 0 Å². The first-order valence-corrected chi connectivity index (χ1v) is 6.81. The summed E-state index contributed by atoms with van der Waals surface area (Å²) in [6.07, 6.45) is 2.15. The fourth-order valence-electron chi connectivity index (χ4n) is 2.17. The number of aldehydes is 1. The maximum Gasteiger partial charge on any atom is 0.186 e. The van der Waals surface area contributed by atoms with Crippen molar-refractivity contribution in [3.8, 4) is 0 Å². The Morgan fingerprint density at radius 2 is 2.12 bits per heavy atom. The summed E-state index contributed by atoms with van der Waals surface area (Å²) in [5, 5.41) is 0.950. The molecule has 0 aliphatic carbocycles. The van der Waals surface area contributed by atoms with E-state index < -0.39 is 0 Å². The molecule has 0 bridgehead atoms. The Bertz CT molecular complexity index is 395. The second-order valence-electron chi connectivity index (χ2n) is 4.44. The fraction of sp³-hybridized carbons (Fsp3) is 0.667. The number of rotatable bonds is 3. The zero-order chi connectivity index (χ0) is 12.4. The lowest BCUT2D eigenvalue weighted by Gasteiger charge is -2.35. The number of hydrogen-bond donors (Lipinski definition) is 0. The minimum atomic E-state index is 0.215. The average molecular weight is 254 g/mol. The van der Waals surface area contributed by atoms with Gasteiger partial charge in [0.05, 0.1) is 22.8 Å². The summed E-state index contributed by atoms with van der Waals surface area (Å²) in [7, 11) is 0. The van der Waals surface area contributed by atoms with Crippen molar-refractivity contribution in [3.63, 3.8) is 0 Å². The molecule has 4 nitrogen and oxygen atoms in total. The van der Waals surface area contributed by atoms with Crippen molar-refractivity contribution in [3.05, 3.63) is 10.6 Å². The lowest BCUT2D eigenvalue weighted by molar-refractivity contribution is -0.00523. The van der Waals surface area contributed by atoms with Crippen molar-refractivity contribution in [2.24, 2.45) is 0 Å². The smallest absolute Gasteiger partial charge is 0.186 e. The van der Waals surface area contributed by atoms with E-state index in [1.165, 1.54) is 11.3 Å². The first-order valence-electron chi connectivity index (χ1n) is 5.99. The number of carbonyl (C=O) groups excluding carboxylic acids is 1. The van der Waals surface area contributed by atoms with Gasteiger partial charge in [-0.3, -0.25) is 4.79 Å². The third-order valence-electron chi connectivity index (χ3n) is 2.85. The first kappa shape index (κ1) is 12.5. The maximum absolute atomic E-state index is 10.9. The molecule has 1 aromatic heterocycles. The van der Waals surface area contributed by atoms with Crippen molar-refractivity contribution in [1.29, 1.82) is 0 Å². The molecule has 2 atom stereocenters. The van der Waals surface area contributed by atoms with E-state index >= 15 is 0 Å². The average Bonchev–Trinajstić information content (AvgIpc) is 2.70. The molecule has 0 radical (unpaired) electrons. The van der Waals surface area contributed by atoms with Gasteiger partial charge in [-0.05, 0) is 20.3 Å². The minimum absolute atomic E-state index is 0.215. The quantitative estimate of drug-likeness (QED) is 0.775. The molecule has 1 aliphatic rings. The molecule has 0 aromatic carbocycles. The van der Waals surface area contributed by atoms with Crippen LogP contribution >= 0.6 is 11.3 Å². The molecule has 1 saturated heterocycles. The Morgan fingerprint density at radius 3 is 2.59 bits per heavy atom. The molecule has 5 heteroatoms. The third kappa shape index (κ3) is 2.66. The lowest BCUT2D eigenvalue weighted by atomic mass is 10.2. The van der Waals surface area contributed by atoms with E-state index in [0.717, 1.165) is 41.5 Å². The number of aromatic nitrogens is 1. The molecular formula is C12H18N2O2S. The number of nitrogens with zero attached hydrogens (tertiary/aromatic N) is 2. The molecule has 1 aromatic rings. The van der Waals surface area contributed by atoms with Gasteiger partial charge in [0.25, 0.3) is 0 Å². The summed E-state index contributed by atoms with van der Waals surface area (Å²) >= 11 is 1.49. The van der Waals surface area contributed by atoms with E-state index in [4.69, 9.17) is 4.74 Å². The maximum atomic E-state index is 10.9. The standard InChI is InChI=1S/C12H18N2O2S/c1-4-10-11(7-15)17-12(13-10)14-5-8(2)16-9(3)6-14/h7-9H,4-6H2,1-3H3. The van der Waals surface area contributed by atoms with Crippen LogP contribution in [0.3, 0.4) is 0 Å². The van der Waals surface area contributed by atoms with Crippen LogP contribution < -0.4 is 4.90 Å². The first-order chi connectivity index (χ1) is 8.13. The van der Waals surface area contributed by atoms with Crippen LogP contribution in [0.2, 0.25) is 0 Å². The number of carbonyl (C=O) groups is 1. The van der Waals surface area contributed by atoms with E-state index in [9.17, 15) is 4.79 Å². The molecule has 1 fully saturated rings. The zero-order valence-electron chi connectivity index (χ0n) is 10.5. The van der Waals surface area contributed by atoms with Gasteiger partial charge < -0.3 is 9.64 Å². The Labute approximate surface area is 106 Å². The van der Waals surface area contributed by atoms with Crippen molar-refractivity contribution >= 4 is 22.8 Å². The summed E-state index contributed by atoms with van der Waals surface area (Å²) in [4.78, 5) is 18.5. The van der Waals surface area contributed by atoms with Crippen LogP contribution in [0.4, 0.5) is 5.13 Å². The van der Waals surface area contributed by atoms with E-state index in [0.29, 0.717) is 0 Å². The highest BCUT2D eigenvalue weighted by Gasteiger charge is 2.25. The van der Waals surface area contributed by atoms with Crippen LogP contribution in [-0.4, -0.2) is 36.6 Å². The van der Waals surface area contributed by atoms with Gasteiger partial charge in [0, 0.05) is 13.1 Å². The normalized spacial score (nSPS) is 25.0. The molecule has 94 valence electrons. The monoisotopic (exact) mass is 254 g/mol. The zero-order valence-corrected chi connectivity index (χ0v) is 11.3. The van der Waals surface area contributed by atoms with Crippen LogP contribution in [0.25, 0.3) is 0 Å². The van der Waals surface area contributed by atoms with Gasteiger partial charge >= 0.3 is 0 Å². The molecule has 17 heavy (non-hydrogen) atoms. The molecule has 0 N–H and O–H groups in total. The van der Waals surface area contributed by atoms with E-state index in [1.54, 1.807) is 0 Å². The lowest BCUT2D eigenvalue weighted by Crippen LogP contribution is -2.45. The van der Waals surface area contributed by atoms with Crippen LogP contribution in [-0.2, 0) is 11.2 Å². The van der Waals surface area contributed by atoms with Crippen LogP contribution in [0, 0.1) is 0 Å². The van der Waals surface area contributed by atoms with Gasteiger partial charge in [0.15, 0.2) is 11.4 Å². The molecule has 0 spiro atoms. The van der Waals surface area contributed by atoms with Crippen LogP contribution in [0.5, 0.6) is 0 Å². The highest BCUT2D eigenvalue weighted by Crippen LogP contribution is 2.28. The van der Waals surface area contributed by atoms with Gasteiger partial charge in [0.2, 0.25) is 0 Å². The van der Waals surface area contributed by atoms with Gasteiger partial charge in [0.1, 0.15) is 0 Å². The summed E-state index contributed by atoms with van der Waals surface area (Å²) in [5.74, 6) is 0. The van der Waals surface area contributed by atoms with E-state index in [1.807, 2.05) is 6.92 Å². The van der Waals surface area contributed by atoms with Crippen molar-refractivity contribution in [2.45, 2.75) is 39.4 Å². The van der Waals surface area contributed by atoms with Crippen molar-refractivity contribution < 1.29 is 9.53 Å². The topological polar surface area (TPSA) is 42.4 Å². The van der Waals surface area contributed by atoms with Gasteiger partial charge in [-0.2, -0.15) is 0 Å². The number of morpholine rings is 1. The molecule has 2 heterocycles. The Hall–Kier alpha value is -0.940. The van der Waals surface area contributed by atoms with Crippen LogP contribution in [0.1, 0.15) is 36.1 Å². The fourth-order valence-corrected chi connectivity index (χ4v) is 3.15. The molecule has 2 unspecified atom stereocenters. The number of ether oxygens (including phenoxy) is 1. The Balaban J connectivity index is 2.21. The molecular weight excluding hydrogens is 236 g/mol. The summed E-state index contributed by atoms with van der Waals surface area (Å²) in [6.45, 7) is 7.85. The summed E-state index contributed by atoms with van der Waals surface area (Å²) in [6, 6.07) is 0. The summed E-state index contributed by atoms with van der Waals surface area (Å²) in [5.41, 5.74) is 0.909. The predicted octanol–water partition coefficient (Wildman–Crippen LogP) is 2.13. The van der Waals surface area contributed by atoms with E-state index in [2.05, 4.69) is 23.7 Å². The molecule has 1 aliphatic heterocycles. The number of aryl methyl sites for hydroxylation is 1. The third-order valence-corrected chi connectivity index (χ3v) is 3.93. The minimum Gasteiger partial charge on any atom is -0.372 e.